The number of rotatable bonds is 7. The number of sulfone groups is 1. The lowest BCUT2D eigenvalue weighted by molar-refractivity contribution is 0.476. The van der Waals surface area contributed by atoms with Crippen LogP contribution in [0, 0.1) is 0 Å². The molecule has 0 aromatic carbocycles. The third-order valence-electron chi connectivity index (χ3n) is 3.56. The van der Waals surface area contributed by atoms with Crippen LogP contribution in [-0.2, 0) is 29.2 Å². The molecular formula is C12H23ClN4O2S. The molecule has 20 heavy (non-hydrogen) atoms. The molecule has 0 amide bonds. The summed E-state index contributed by atoms with van der Waals surface area (Å²) in [6.07, 6.45) is 2.36. The SMILES string of the molecule is CCc1nn(CC)c(CC(NN)C(C)S(C)(=O)=O)c1Cl. The fraction of sp³-hybridized carbons (Fsp3) is 0.750. The minimum absolute atomic E-state index is 0.408. The number of aromatic nitrogens is 2. The number of hydrogen-bond acceptors (Lipinski definition) is 5. The summed E-state index contributed by atoms with van der Waals surface area (Å²) < 4.78 is 25.1. The first-order valence-corrected chi connectivity index (χ1v) is 8.98. The van der Waals surface area contributed by atoms with Gasteiger partial charge in [-0.3, -0.25) is 16.0 Å². The average molecular weight is 323 g/mol. The third kappa shape index (κ3) is 3.72. The lowest BCUT2D eigenvalue weighted by atomic mass is 10.1. The van der Waals surface area contributed by atoms with E-state index >= 15 is 0 Å². The lowest BCUT2D eigenvalue weighted by Gasteiger charge is -2.22. The molecule has 116 valence electrons. The number of hydrogen-bond donors (Lipinski definition) is 2. The molecule has 6 nitrogen and oxygen atoms in total. The zero-order valence-electron chi connectivity index (χ0n) is 12.4. The molecule has 1 aromatic heterocycles. The van der Waals surface area contributed by atoms with Gasteiger partial charge in [-0.2, -0.15) is 5.10 Å². The number of nitrogens with zero attached hydrogens (tertiary/aromatic N) is 2. The maximum absolute atomic E-state index is 11.7. The Bertz CT molecular complexity index is 556. The Labute approximate surface area is 125 Å². The molecule has 2 unspecified atom stereocenters. The van der Waals surface area contributed by atoms with Crippen LogP contribution in [0.4, 0.5) is 0 Å². The van der Waals surface area contributed by atoms with E-state index in [2.05, 4.69) is 10.5 Å². The minimum atomic E-state index is -3.18. The van der Waals surface area contributed by atoms with Crippen molar-refractivity contribution in [2.45, 2.75) is 51.4 Å². The van der Waals surface area contributed by atoms with E-state index in [-0.39, 0.29) is 0 Å². The van der Waals surface area contributed by atoms with Crippen molar-refractivity contribution >= 4 is 21.4 Å². The van der Waals surface area contributed by atoms with Crippen molar-refractivity contribution in [3.63, 3.8) is 0 Å². The van der Waals surface area contributed by atoms with E-state index in [1.165, 1.54) is 6.26 Å². The molecule has 0 fully saturated rings. The van der Waals surface area contributed by atoms with Gasteiger partial charge in [0.15, 0.2) is 9.84 Å². The molecule has 1 aromatic rings. The first-order chi connectivity index (χ1) is 9.26. The zero-order valence-corrected chi connectivity index (χ0v) is 13.9. The Morgan fingerprint density at radius 3 is 2.45 bits per heavy atom. The Kier molecular flexibility index (Phi) is 6.00. The highest BCUT2D eigenvalue weighted by Gasteiger charge is 2.28. The largest absolute Gasteiger partial charge is 0.271 e. The summed E-state index contributed by atoms with van der Waals surface area (Å²) in [7, 11) is -3.18. The molecule has 0 bridgehead atoms. The van der Waals surface area contributed by atoms with Gasteiger partial charge in [0.25, 0.3) is 0 Å². The minimum Gasteiger partial charge on any atom is -0.271 e. The summed E-state index contributed by atoms with van der Waals surface area (Å²) >= 11 is 6.33. The Morgan fingerprint density at radius 2 is 2.05 bits per heavy atom. The van der Waals surface area contributed by atoms with Crippen LogP contribution >= 0.6 is 11.6 Å². The smallest absolute Gasteiger partial charge is 0.151 e. The molecule has 1 heterocycles. The molecule has 0 aliphatic heterocycles. The van der Waals surface area contributed by atoms with Crippen LogP contribution < -0.4 is 11.3 Å². The quantitative estimate of drug-likeness (QED) is 0.575. The number of nitrogens with one attached hydrogen (secondary N) is 1. The van der Waals surface area contributed by atoms with Crippen molar-refractivity contribution < 1.29 is 8.42 Å². The van der Waals surface area contributed by atoms with Gasteiger partial charge < -0.3 is 0 Å². The number of aryl methyl sites for hydroxylation is 2. The number of hydrazine groups is 1. The lowest BCUT2D eigenvalue weighted by Crippen LogP contribution is -2.47. The summed E-state index contributed by atoms with van der Waals surface area (Å²) in [6, 6.07) is -0.408. The maximum Gasteiger partial charge on any atom is 0.151 e. The van der Waals surface area contributed by atoms with E-state index in [0.717, 1.165) is 17.8 Å². The molecule has 3 N–H and O–H groups in total. The van der Waals surface area contributed by atoms with Crippen molar-refractivity contribution in [3.05, 3.63) is 16.4 Å². The van der Waals surface area contributed by atoms with Gasteiger partial charge in [0.05, 0.1) is 21.7 Å². The Balaban J connectivity index is 3.10. The molecule has 8 heteroatoms. The molecule has 1 rings (SSSR count). The van der Waals surface area contributed by atoms with E-state index in [4.69, 9.17) is 17.4 Å². The summed E-state index contributed by atoms with van der Waals surface area (Å²) in [5.41, 5.74) is 4.23. The molecule has 0 radical (unpaired) electrons. The maximum atomic E-state index is 11.7. The van der Waals surface area contributed by atoms with E-state index < -0.39 is 21.1 Å². The normalized spacial score (nSPS) is 15.3. The summed E-state index contributed by atoms with van der Waals surface area (Å²) in [6.45, 7) is 6.27. The van der Waals surface area contributed by atoms with Crippen molar-refractivity contribution in [1.82, 2.24) is 15.2 Å². The van der Waals surface area contributed by atoms with E-state index in [1.807, 2.05) is 13.8 Å². The fourth-order valence-electron chi connectivity index (χ4n) is 2.08. The molecule has 0 spiro atoms. The van der Waals surface area contributed by atoms with Gasteiger partial charge in [-0.1, -0.05) is 18.5 Å². The molecular weight excluding hydrogens is 300 g/mol. The van der Waals surface area contributed by atoms with Crippen molar-refractivity contribution in [3.8, 4) is 0 Å². The second-order valence-electron chi connectivity index (χ2n) is 4.89. The van der Waals surface area contributed by atoms with Gasteiger partial charge in [-0.15, -0.1) is 0 Å². The van der Waals surface area contributed by atoms with Gasteiger partial charge in [0.2, 0.25) is 0 Å². The highest BCUT2D eigenvalue weighted by atomic mass is 35.5. The predicted molar refractivity (Wildman–Crippen MR) is 81.4 cm³/mol. The molecule has 0 aliphatic rings. The van der Waals surface area contributed by atoms with Crippen molar-refractivity contribution in [2.24, 2.45) is 5.84 Å². The first kappa shape index (κ1) is 17.4. The monoisotopic (exact) mass is 322 g/mol. The Morgan fingerprint density at radius 1 is 1.45 bits per heavy atom. The van der Waals surface area contributed by atoms with Crippen LogP contribution in [0.1, 0.15) is 32.2 Å². The van der Waals surface area contributed by atoms with Crippen LogP contribution in [0.2, 0.25) is 5.02 Å². The van der Waals surface area contributed by atoms with Gasteiger partial charge in [0, 0.05) is 25.3 Å². The zero-order chi connectivity index (χ0) is 15.5. The fourth-order valence-corrected chi connectivity index (χ4v) is 3.20. The number of nitrogens with two attached hydrogens (primary N) is 1. The van der Waals surface area contributed by atoms with Crippen LogP contribution in [0.5, 0.6) is 0 Å². The highest BCUT2D eigenvalue weighted by molar-refractivity contribution is 7.91. The highest BCUT2D eigenvalue weighted by Crippen LogP contribution is 2.24. The van der Waals surface area contributed by atoms with E-state index in [1.54, 1.807) is 11.6 Å². The van der Waals surface area contributed by atoms with E-state index in [0.29, 0.717) is 18.0 Å². The van der Waals surface area contributed by atoms with Crippen LogP contribution in [0.15, 0.2) is 0 Å². The second kappa shape index (κ2) is 6.89. The molecule has 0 aliphatic carbocycles. The van der Waals surface area contributed by atoms with E-state index in [9.17, 15) is 8.42 Å². The van der Waals surface area contributed by atoms with Crippen LogP contribution in [0.25, 0.3) is 0 Å². The van der Waals surface area contributed by atoms with Gasteiger partial charge in [-0.25, -0.2) is 8.42 Å². The standard InChI is InChI=1S/C12H23ClN4O2S/c1-5-9-12(13)11(17(6-2)16-9)7-10(15-14)8(3)20(4,18)19/h8,10,15H,5-7,14H2,1-4H3. The Hall–Kier alpha value is -0.630. The third-order valence-corrected chi connectivity index (χ3v) is 5.68. The predicted octanol–water partition coefficient (Wildman–Crippen LogP) is 0.926. The van der Waals surface area contributed by atoms with Crippen LogP contribution in [-0.4, -0.2) is 35.7 Å². The summed E-state index contributed by atoms with van der Waals surface area (Å²) in [4.78, 5) is 0. The average Bonchev–Trinajstić information content (AvgIpc) is 2.70. The van der Waals surface area contributed by atoms with Crippen molar-refractivity contribution in [2.75, 3.05) is 6.26 Å². The van der Waals surface area contributed by atoms with Gasteiger partial charge >= 0.3 is 0 Å². The van der Waals surface area contributed by atoms with Crippen molar-refractivity contribution in [1.29, 1.82) is 0 Å². The number of halogens is 1. The molecule has 0 saturated carbocycles. The summed E-state index contributed by atoms with van der Waals surface area (Å²) in [5, 5.41) is 4.43. The molecule has 2 atom stereocenters. The first-order valence-electron chi connectivity index (χ1n) is 6.65. The van der Waals surface area contributed by atoms with Crippen LogP contribution in [0.3, 0.4) is 0 Å². The molecule has 0 saturated heterocycles. The van der Waals surface area contributed by atoms with Gasteiger partial charge in [0.1, 0.15) is 0 Å². The second-order valence-corrected chi connectivity index (χ2v) is 7.67. The summed E-state index contributed by atoms with van der Waals surface area (Å²) in [5.74, 6) is 5.51. The van der Waals surface area contributed by atoms with Gasteiger partial charge in [-0.05, 0) is 20.3 Å². The topological polar surface area (TPSA) is 90.0 Å².